The van der Waals surface area contributed by atoms with Crippen LogP contribution >= 0.6 is 11.8 Å². The van der Waals surface area contributed by atoms with E-state index in [0.29, 0.717) is 17.7 Å². The molecule has 1 atom stereocenters. The topological polar surface area (TPSA) is 71.0 Å². The summed E-state index contributed by atoms with van der Waals surface area (Å²) >= 11 is 1.38. The zero-order chi connectivity index (χ0) is 16.8. The van der Waals surface area contributed by atoms with Gasteiger partial charge >= 0.3 is 5.69 Å². The van der Waals surface area contributed by atoms with E-state index in [2.05, 4.69) is 10.2 Å². The summed E-state index contributed by atoms with van der Waals surface area (Å²) in [6, 6.07) is 0.376. The molecular weight excluding hydrogens is 312 g/mol. The van der Waals surface area contributed by atoms with Crippen molar-refractivity contribution in [1.29, 1.82) is 0 Å². The van der Waals surface area contributed by atoms with E-state index in [1.54, 1.807) is 4.57 Å². The van der Waals surface area contributed by atoms with Gasteiger partial charge in [-0.3, -0.25) is 9.36 Å². The summed E-state index contributed by atoms with van der Waals surface area (Å²) < 4.78 is 1.62. The second-order valence-corrected chi connectivity index (χ2v) is 7.45. The van der Waals surface area contributed by atoms with Crippen LogP contribution in [0.2, 0.25) is 0 Å². The van der Waals surface area contributed by atoms with Crippen molar-refractivity contribution in [1.82, 2.24) is 19.7 Å². The van der Waals surface area contributed by atoms with Crippen molar-refractivity contribution in [3.63, 3.8) is 0 Å². The third-order valence-electron chi connectivity index (χ3n) is 4.44. The monoisotopic (exact) mass is 340 g/mol. The lowest BCUT2D eigenvalue weighted by Crippen LogP contribution is -2.44. The Hall–Kier alpha value is -1.24. The highest BCUT2D eigenvalue weighted by Crippen LogP contribution is 2.27. The smallest absolute Gasteiger partial charge is 0.339 e. The van der Waals surface area contributed by atoms with Crippen LogP contribution in [0.4, 0.5) is 0 Å². The maximum atomic E-state index is 12.8. The first-order chi connectivity index (χ1) is 11.1. The van der Waals surface area contributed by atoms with Crippen LogP contribution in [0, 0.1) is 0 Å². The van der Waals surface area contributed by atoms with E-state index in [1.807, 2.05) is 25.7 Å². The van der Waals surface area contributed by atoms with Gasteiger partial charge in [-0.05, 0) is 33.1 Å². The Morgan fingerprint density at radius 2 is 2.09 bits per heavy atom. The van der Waals surface area contributed by atoms with Crippen LogP contribution in [0.3, 0.4) is 0 Å². The lowest BCUT2D eigenvalue weighted by Gasteiger charge is -2.35. The van der Waals surface area contributed by atoms with Gasteiger partial charge in [0.25, 0.3) is 0 Å². The quantitative estimate of drug-likeness (QED) is 0.775. The van der Waals surface area contributed by atoms with Crippen molar-refractivity contribution in [2.45, 2.75) is 82.3 Å². The Morgan fingerprint density at radius 3 is 2.70 bits per heavy atom. The van der Waals surface area contributed by atoms with Gasteiger partial charge in [0.2, 0.25) is 5.91 Å². The first-order valence-corrected chi connectivity index (χ1v) is 9.58. The lowest BCUT2D eigenvalue weighted by molar-refractivity contribution is -0.133. The molecule has 0 aromatic carbocycles. The third-order valence-corrected chi connectivity index (χ3v) is 5.52. The zero-order valence-electron chi connectivity index (χ0n) is 14.4. The number of carbonyl (C=O) groups excluding carboxylic acids is 1. The predicted octanol–water partition coefficient (Wildman–Crippen LogP) is 2.64. The number of carbonyl (C=O) groups is 1. The number of nitrogens with zero attached hydrogens (tertiary/aromatic N) is 3. The molecule has 7 heteroatoms. The molecule has 0 aliphatic heterocycles. The molecule has 1 aliphatic carbocycles. The molecule has 0 spiro atoms. The van der Waals surface area contributed by atoms with E-state index in [4.69, 9.17) is 0 Å². The highest BCUT2D eigenvalue weighted by atomic mass is 32.2. The summed E-state index contributed by atoms with van der Waals surface area (Å²) in [4.78, 5) is 26.6. The van der Waals surface area contributed by atoms with Crippen LogP contribution < -0.4 is 5.69 Å². The average molecular weight is 340 g/mol. The molecule has 1 aromatic rings. The summed E-state index contributed by atoms with van der Waals surface area (Å²) in [6.45, 7) is 7.35. The summed E-state index contributed by atoms with van der Waals surface area (Å²) in [5.41, 5.74) is -0.200. The standard InChI is InChI=1S/C16H28N4O2S/c1-4-11-20-15(22)17-18-16(20)23-12(3)14(21)19(5-2)13-9-7-6-8-10-13/h12-13H,4-11H2,1-3H3,(H,17,22)/t12-/m1/s1. The van der Waals surface area contributed by atoms with E-state index in [-0.39, 0.29) is 16.8 Å². The fraction of sp³-hybridized carbons (Fsp3) is 0.812. The molecule has 0 bridgehead atoms. The minimum atomic E-state index is -0.234. The lowest BCUT2D eigenvalue weighted by atomic mass is 9.94. The highest BCUT2D eigenvalue weighted by Gasteiger charge is 2.28. The molecule has 1 aromatic heterocycles. The average Bonchev–Trinajstić information content (AvgIpc) is 2.90. The number of amides is 1. The summed E-state index contributed by atoms with van der Waals surface area (Å²) in [5.74, 6) is 0.155. The molecule has 130 valence electrons. The normalized spacial score (nSPS) is 17.2. The molecule has 0 radical (unpaired) electrons. The van der Waals surface area contributed by atoms with Crippen LogP contribution in [0.25, 0.3) is 0 Å². The Balaban J connectivity index is 2.05. The van der Waals surface area contributed by atoms with E-state index < -0.39 is 0 Å². The number of thioether (sulfide) groups is 1. The summed E-state index contributed by atoms with van der Waals surface area (Å²) in [6.07, 6.45) is 6.79. The second-order valence-electron chi connectivity index (χ2n) is 6.14. The molecule has 1 amide bonds. The van der Waals surface area contributed by atoms with Gasteiger partial charge in [0.1, 0.15) is 0 Å². The molecule has 1 N–H and O–H groups in total. The van der Waals surface area contributed by atoms with Crippen LogP contribution in [-0.2, 0) is 11.3 Å². The van der Waals surface area contributed by atoms with Gasteiger partial charge in [0.15, 0.2) is 5.16 Å². The van der Waals surface area contributed by atoms with Crippen molar-refractivity contribution in [3.8, 4) is 0 Å². The molecule has 1 heterocycles. The van der Waals surface area contributed by atoms with Crippen LogP contribution in [0.15, 0.2) is 9.95 Å². The Labute approximate surface area is 142 Å². The fourth-order valence-corrected chi connectivity index (χ4v) is 4.19. The van der Waals surface area contributed by atoms with E-state index in [0.717, 1.165) is 25.8 Å². The molecule has 0 unspecified atom stereocenters. The third kappa shape index (κ3) is 4.40. The Bertz CT molecular complexity index is 563. The maximum Gasteiger partial charge on any atom is 0.343 e. The second kappa shape index (κ2) is 8.57. The zero-order valence-corrected chi connectivity index (χ0v) is 15.2. The van der Waals surface area contributed by atoms with Crippen molar-refractivity contribution in [2.24, 2.45) is 0 Å². The summed E-state index contributed by atoms with van der Waals surface area (Å²) in [7, 11) is 0. The summed E-state index contributed by atoms with van der Waals surface area (Å²) in [5, 5.41) is 6.93. The highest BCUT2D eigenvalue weighted by molar-refractivity contribution is 8.00. The SMILES string of the molecule is CCCn1c(S[C@H](C)C(=O)N(CC)C2CCCCC2)n[nH]c1=O. The predicted molar refractivity (Wildman–Crippen MR) is 92.7 cm³/mol. The molecule has 6 nitrogen and oxygen atoms in total. The van der Waals surface area contributed by atoms with Crippen molar-refractivity contribution in [3.05, 3.63) is 10.5 Å². The fourth-order valence-electron chi connectivity index (χ4n) is 3.24. The van der Waals surface area contributed by atoms with E-state index >= 15 is 0 Å². The molecule has 23 heavy (non-hydrogen) atoms. The number of hydrogen-bond acceptors (Lipinski definition) is 4. The molecule has 1 fully saturated rings. The van der Waals surface area contributed by atoms with Gasteiger partial charge in [0, 0.05) is 19.1 Å². The van der Waals surface area contributed by atoms with Gasteiger partial charge in [-0.1, -0.05) is 37.9 Å². The number of aromatic nitrogens is 3. The van der Waals surface area contributed by atoms with E-state index in [9.17, 15) is 9.59 Å². The number of nitrogens with one attached hydrogen (secondary N) is 1. The molecule has 2 rings (SSSR count). The maximum absolute atomic E-state index is 12.8. The van der Waals surface area contributed by atoms with Crippen molar-refractivity contribution in [2.75, 3.05) is 6.54 Å². The largest absolute Gasteiger partial charge is 0.343 e. The molecule has 1 aliphatic rings. The minimum absolute atomic E-state index is 0.155. The van der Waals surface area contributed by atoms with Crippen LogP contribution in [-0.4, -0.2) is 43.4 Å². The number of H-pyrrole nitrogens is 1. The Kier molecular flexibility index (Phi) is 6.74. The van der Waals surface area contributed by atoms with Gasteiger partial charge in [-0.2, -0.15) is 0 Å². The Morgan fingerprint density at radius 1 is 1.39 bits per heavy atom. The van der Waals surface area contributed by atoms with Gasteiger partial charge in [-0.25, -0.2) is 9.89 Å². The van der Waals surface area contributed by atoms with Crippen LogP contribution in [0.5, 0.6) is 0 Å². The van der Waals surface area contributed by atoms with Crippen molar-refractivity contribution < 1.29 is 4.79 Å². The molecule has 0 saturated heterocycles. The van der Waals surface area contributed by atoms with Gasteiger partial charge in [-0.15, -0.1) is 5.10 Å². The van der Waals surface area contributed by atoms with Crippen molar-refractivity contribution >= 4 is 17.7 Å². The number of hydrogen-bond donors (Lipinski definition) is 1. The number of aromatic amines is 1. The minimum Gasteiger partial charge on any atom is -0.339 e. The number of rotatable bonds is 7. The first kappa shape index (κ1) is 18.1. The molecule has 1 saturated carbocycles. The van der Waals surface area contributed by atoms with E-state index in [1.165, 1.54) is 31.0 Å². The van der Waals surface area contributed by atoms with Gasteiger partial charge < -0.3 is 4.90 Å². The van der Waals surface area contributed by atoms with Gasteiger partial charge in [0.05, 0.1) is 5.25 Å². The first-order valence-electron chi connectivity index (χ1n) is 8.70. The van der Waals surface area contributed by atoms with Crippen LogP contribution in [0.1, 0.15) is 59.3 Å². The molecular formula is C16H28N4O2S.